The molecule has 0 radical (unpaired) electrons. The third-order valence-corrected chi connectivity index (χ3v) is 5.06. The number of nitrogens with zero attached hydrogens (tertiary/aromatic N) is 1. The minimum atomic E-state index is -0.418. The minimum Gasteiger partial charge on any atom is -0.349 e. The number of hydrogen-bond donors (Lipinski definition) is 1. The van der Waals surface area contributed by atoms with E-state index in [4.69, 9.17) is 0 Å². The molecule has 0 aromatic heterocycles. The van der Waals surface area contributed by atoms with Crippen LogP contribution in [0.25, 0.3) is 0 Å². The molecule has 0 aliphatic heterocycles. The summed E-state index contributed by atoms with van der Waals surface area (Å²) in [7, 11) is 0. The highest BCUT2D eigenvalue weighted by molar-refractivity contribution is 7.99. The van der Waals surface area contributed by atoms with E-state index in [2.05, 4.69) is 31.3 Å². The van der Waals surface area contributed by atoms with E-state index in [1.54, 1.807) is 12.1 Å². The number of aryl methyl sites for hydroxylation is 2. The number of benzene rings is 2. The first-order valence-corrected chi connectivity index (χ1v) is 9.20. The summed E-state index contributed by atoms with van der Waals surface area (Å²) in [5.41, 5.74) is 4.59. The summed E-state index contributed by atoms with van der Waals surface area (Å²) < 4.78 is 0. The molecule has 0 aliphatic rings. The molecule has 0 bridgehead atoms. The van der Waals surface area contributed by atoms with Crippen molar-refractivity contribution in [3.05, 3.63) is 74.8 Å². The van der Waals surface area contributed by atoms with Gasteiger partial charge in [-0.2, -0.15) is 0 Å². The van der Waals surface area contributed by atoms with E-state index in [1.807, 2.05) is 13.0 Å². The minimum absolute atomic E-state index is 0.0161. The van der Waals surface area contributed by atoms with Crippen molar-refractivity contribution in [3.63, 3.8) is 0 Å². The van der Waals surface area contributed by atoms with E-state index in [0.717, 1.165) is 11.1 Å². The SMILES string of the molecule is Cc1ccc([C@@H](C)NC(=O)CSCc2ccc([N+](=O)[O-])cc2)cc1C. The number of nitro groups is 1. The van der Waals surface area contributed by atoms with Gasteiger partial charge in [0.2, 0.25) is 5.91 Å². The van der Waals surface area contributed by atoms with Crippen molar-refractivity contribution in [2.45, 2.75) is 32.6 Å². The number of nitrogens with one attached hydrogen (secondary N) is 1. The van der Waals surface area contributed by atoms with E-state index >= 15 is 0 Å². The lowest BCUT2D eigenvalue weighted by Crippen LogP contribution is -2.28. The summed E-state index contributed by atoms with van der Waals surface area (Å²) in [5.74, 6) is 0.980. The van der Waals surface area contributed by atoms with Gasteiger partial charge in [-0.05, 0) is 43.0 Å². The van der Waals surface area contributed by atoms with E-state index < -0.39 is 4.92 Å². The second kappa shape index (κ2) is 8.67. The molecule has 5 nitrogen and oxygen atoms in total. The zero-order valence-electron chi connectivity index (χ0n) is 14.6. The first-order chi connectivity index (χ1) is 11.9. The number of nitro benzene ring substituents is 1. The molecule has 0 heterocycles. The van der Waals surface area contributed by atoms with Crippen LogP contribution in [0.5, 0.6) is 0 Å². The Bertz CT molecular complexity index is 760. The Hall–Kier alpha value is -2.34. The van der Waals surface area contributed by atoms with Crippen molar-refractivity contribution in [2.75, 3.05) is 5.75 Å². The maximum Gasteiger partial charge on any atom is 0.269 e. The second-order valence-corrected chi connectivity index (χ2v) is 7.03. The fourth-order valence-electron chi connectivity index (χ4n) is 2.38. The number of thioether (sulfide) groups is 1. The monoisotopic (exact) mass is 358 g/mol. The lowest BCUT2D eigenvalue weighted by atomic mass is 10.0. The van der Waals surface area contributed by atoms with Gasteiger partial charge >= 0.3 is 0 Å². The summed E-state index contributed by atoms with van der Waals surface area (Å²) in [4.78, 5) is 22.3. The Labute approximate surface area is 152 Å². The lowest BCUT2D eigenvalue weighted by Gasteiger charge is -2.15. The van der Waals surface area contributed by atoms with Crippen molar-refractivity contribution in [3.8, 4) is 0 Å². The van der Waals surface area contributed by atoms with Crippen LogP contribution >= 0.6 is 11.8 Å². The number of rotatable bonds is 7. The maximum atomic E-state index is 12.1. The third-order valence-electron chi connectivity index (χ3n) is 4.06. The van der Waals surface area contributed by atoms with Gasteiger partial charge in [-0.15, -0.1) is 11.8 Å². The highest BCUT2D eigenvalue weighted by Crippen LogP contribution is 2.19. The van der Waals surface area contributed by atoms with Crippen LogP contribution < -0.4 is 5.32 Å². The van der Waals surface area contributed by atoms with E-state index in [9.17, 15) is 14.9 Å². The highest BCUT2D eigenvalue weighted by Gasteiger charge is 2.11. The van der Waals surface area contributed by atoms with Gasteiger partial charge in [0, 0.05) is 17.9 Å². The molecule has 0 fully saturated rings. The van der Waals surface area contributed by atoms with Crippen LogP contribution in [-0.4, -0.2) is 16.6 Å². The highest BCUT2D eigenvalue weighted by atomic mass is 32.2. The van der Waals surface area contributed by atoms with Crippen molar-refractivity contribution in [2.24, 2.45) is 0 Å². The van der Waals surface area contributed by atoms with Crippen LogP contribution in [0.15, 0.2) is 42.5 Å². The number of carbonyl (C=O) groups is 1. The van der Waals surface area contributed by atoms with Crippen LogP contribution in [0, 0.1) is 24.0 Å². The molecule has 25 heavy (non-hydrogen) atoms. The topological polar surface area (TPSA) is 72.2 Å². The standard InChI is InChI=1S/C19H22N2O3S/c1-13-4-7-17(10-14(13)2)15(3)20-19(22)12-25-11-16-5-8-18(9-6-16)21(23)24/h4-10,15H,11-12H2,1-3H3,(H,20,22)/t15-/m1/s1. The van der Waals surface area contributed by atoms with Crippen LogP contribution in [0.4, 0.5) is 5.69 Å². The average Bonchev–Trinajstić information content (AvgIpc) is 2.57. The van der Waals surface area contributed by atoms with Gasteiger partial charge in [0.15, 0.2) is 0 Å². The van der Waals surface area contributed by atoms with E-state index in [1.165, 1.54) is 35.0 Å². The first kappa shape index (κ1) is 19.0. The molecule has 0 saturated heterocycles. The fraction of sp³-hybridized carbons (Fsp3) is 0.316. The molecule has 132 valence electrons. The molecule has 0 spiro atoms. The third kappa shape index (κ3) is 5.60. The smallest absolute Gasteiger partial charge is 0.269 e. The lowest BCUT2D eigenvalue weighted by molar-refractivity contribution is -0.384. The van der Waals surface area contributed by atoms with Gasteiger partial charge in [0.1, 0.15) is 0 Å². The van der Waals surface area contributed by atoms with E-state index in [0.29, 0.717) is 11.5 Å². The number of non-ortho nitro benzene ring substituents is 1. The maximum absolute atomic E-state index is 12.1. The predicted molar refractivity (Wildman–Crippen MR) is 102 cm³/mol. The Morgan fingerprint density at radius 1 is 1.16 bits per heavy atom. The number of amides is 1. The summed E-state index contributed by atoms with van der Waals surface area (Å²) in [6.07, 6.45) is 0. The van der Waals surface area contributed by atoms with Gasteiger partial charge in [-0.3, -0.25) is 14.9 Å². The van der Waals surface area contributed by atoms with Crippen molar-refractivity contribution in [1.82, 2.24) is 5.32 Å². The molecule has 1 atom stereocenters. The zero-order chi connectivity index (χ0) is 18.4. The van der Waals surface area contributed by atoms with Gasteiger partial charge in [0.25, 0.3) is 5.69 Å². The number of carbonyl (C=O) groups excluding carboxylic acids is 1. The Kier molecular flexibility index (Phi) is 6.58. The van der Waals surface area contributed by atoms with Gasteiger partial charge < -0.3 is 5.32 Å². The molecule has 0 aliphatic carbocycles. The van der Waals surface area contributed by atoms with Crippen molar-refractivity contribution >= 4 is 23.4 Å². The molecular formula is C19H22N2O3S. The molecule has 6 heteroatoms. The Balaban J connectivity index is 1.79. The summed E-state index contributed by atoms with van der Waals surface area (Å²) >= 11 is 1.49. The summed E-state index contributed by atoms with van der Waals surface area (Å²) in [6, 6.07) is 12.6. The van der Waals surface area contributed by atoms with Crippen LogP contribution in [0.2, 0.25) is 0 Å². The van der Waals surface area contributed by atoms with Gasteiger partial charge in [-0.1, -0.05) is 30.3 Å². The van der Waals surface area contributed by atoms with Crippen LogP contribution in [-0.2, 0) is 10.5 Å². The van der Waals surface area contributed by atoms with Crippen LogP contribution in [0.3, 0.4) is 0 Å². The Morgan fingerprint density at radius 3 is 2.44 bits per heavy atom. The zero-order valence-corrected chi connectivity index (χ0v) is 15.4. The molecule has 1 amide bonds. The summed E-state index contributed by atoms with van der Waals surface area (Å²) in [5, 5.41) is 13.6. The van der Waals surface area contributed by atoms with Gasteiger partial charge in [0.05, 0.1) is 16.7 Å². The largest absolute Gasteiger partial charge is 0.349 e. The van der Waals surface area contributed by atoms with Gasteiger partial charge in [-0.25, -0.2) is 0 Å². The van der Waals surface area contributed by atoms with Crippen molar-refractivity contribution in [1.29, 1.82) is 0 Å². The number of hydrogen-bond acceptors (Lipinski definition) is 4. The van der Waals surface area contributed by atoms with E-state index in [-0.39, 0.29) is 17.6 Å². The molecule has 2 aromatic carbocycles. The molecule has 2 aromatic rings. The van der Waals surface area contributed by atoms with Crippen molar-refractivity contribution < 1.29 is 9.72 Å². The molecule has 2 rings (SSSR count). The predicted octanol–water partition coefficient (Wildman–Crippen LogP) is 4.32. The second-order valence-electron chi connectivity index (χ2n) is 6.05. The molecular weight excluding hydrogens is 336 g/mol. The fourth-order valence-corrected chi connectivity index (χ4v) is 3.17. The average molecular weight is 358 g/mol. The Morgan fingerprint density at radius 2 is 1.84 bits per heavy atom. The van der Waals surface area contributed by atoms with Crippen LogP contribution in [0.1, 0.15) is 35.2 Å². The molecule has 0 unspecified atom stereocenters. The summed E-state index contributed by atoms with van der Waals surface area (Å²) in [6.45, 7) is 6.10. The first-order valence-electron chi connectivity index (χ1n) is 8.04. The molecule has 1 N–H and O–H groups in total. The quantitative estimate of drug-likeness (QED) is 0.591. The normalized spacial score (nSPS) is 11.8. The molecule has 0 saturated carbocycles.